The Morgan fingerprint density at radius 2 is 2.00 bits per heavy atom. The van der Waals surface area contributed by atoms with Crippen LogP contribution in [0.25, 0.3) is 0 Å². The maximum atomic E-state index is 12.2. The zero-order valence-corrected chi connectivity index (χ0v) is 11.8. The van der Waals surface area contributed by atoms with Crippen LogP contribution in [0.4, 0.5) is 0 Å². The average molecular weight is 253 g/mol. The summed E-state index contributed by atoms with van der Waals surface area (Å²) in [5.74, 6) is 1.10. The summed E-state index contributed by atoms with van der Waals surface area (Å²) in [5.41, 5.74) is 0. The molecule has 18 heavy (non-hydrogen) atoms. The van der Waals surface area contributed by atoms with E-state index in [1.807, 2.05) is 0 Å². The van der Waals surface area contributed by atoms with Crippen molar-refractivity contribution < 1.29 is 4.79 Å². The van der Waals surface area contributed by atoms with Crippen LogP contribution in [0, 0.1) is 5.92 Å². The monoisotopic (exact) mass is 253 g/mol. The molecule has 0 aliphatic carbocycles. The fraction of sp³-hybridized carbons (Fsp3) is 0.929. The summed E-state index contributed by atoms with van der Waals surface area (Å²) in [6.07, 6.45) is 3.43. The van der Waals surface area contributed by atoms with Gasteiger partial charge in [-0.1, -0.05) is 13.8 Å². The van der Waals surface area contributed by atoms with Gasteiger partial charge in [-0.3, -0.25) is 9.69 Å². The first-order chi connectivity index (χ1) is 8.66. The molecule has 2 rings (SSSR count). The summed E-state index contributed by atoms with van der Waals surface area (Å²) in [4.78, 5) is 16.8. The minimum absolute atomic E-state index is 0.104. The van der Waals surface area contributed by atoms with Crippen LogP contribution >= 0.6 is 0 Å². The van der Waals surface area contributed by atoms with Crippen molar-refractivity contribution in [3.05, 3.63) is 0 Å². The lowest BCUT2D eigenvalue weighted by molar-refractivity contribution is -0.134. The van der Waals surface area contributed by atoms with E-state index in [-0.39, 0.29) is 6.04 Å². The third-order valence-electron chi connectivity index (χ3n) is 4.07. The molecule has 1 atom stereocenters. The summed E-state index contributed by atoms with van der Waals surface area (Å²) >= 11 is 0. The minimum atomic E-state index is 0.104. The van der Waals surface area contributed by atoms with E-state index in [1.54, 1.807) is 0 Å². The molecule has 0 aromatic heterocycles. The number of nitrogens with one attached hydrogen (secondary N) is 1. The predicted molar refractivity (Wildman–Crippen MR) is 73.5 cm³/mol. The molecule has 0 saturated carbocycles. The van der Waals surface area contributed by atoms with E-state index in [4.69, 9.17) is 0 Å². The summed E-state index contributed by atoms with van der Waals surface area (Å²) in [7, 11) is 0. The first-order valence-electron chi connectivity index (χ1n) is 7.41. The lowest BCUT2D eigenvalue weighted by atomic mass is 10.1. The maximum absolute atomic E-state index is 12.2. The fourth-order valence-corrected chi connectivity index (χ4v) is 2.75. The highest BCUT2D eigenvalue weighted by atomic mass is 16.2. The van der Waals surface area contributed by atoms with E-state index in [1.165, 1.54) is 13.0 Å². The minimum Gasteiger partial charge on any atom is -0.339 e. The molecule has 2 aliphatic rings. The highest BCUT2D eigenvalue weighted by Gasteiger charge is 2.28. The van der Waals surface area contributed by atoms with E-state index >= 15 is 0 Å². The molecule has 2 saturated heterocycles. The van der Waals surface area contributed by atoms with Crippen LogP contribution in [-0.2, 0) is 4.79 Å². The van der Waals surface area contributed by atoms with Crippen LogP contribution in [0.3, 0.4) is 0 Å². The second kappa shape index (κ2) is 6.53. The molecule has 1 amide bonds. The van der Waals surface area contributed by atoms with Crippen LogP contribution in [0.2, 0.25) is 0 Å². The van der Waals surface area contributed by atoms with Gasteiger partial charge in [0.2, 0.25) is 5.91 Å². The highest BCUT2D eigenvalue weighted by molar-refractivity contribution is 5.82. The third kappa shape index (κ3) is 3.69. The van der Waals surface area contributed by atoms with Crippen molar-refractivity contribution in [2.75, 3.05) is 39.3 Å². The highest BCUT2D eigenvalue weighted by Crippen LogP contribution is 2.12. The Labute approximate surface area is 111 Å². The van der Waals surface area contributed by atoms with E-state index in [9.17, 15) is 4.79 Å². The van der Waals surface area contributed by atoms with E-state index < -0.39 is 0 Å². The normalized spacial score (nSPS) is 25.9. The SMILES string of the molecule is CC(C)CCN1CCN(C(=O)C2CCCN2)CC1. The molecule has 2 fully saturated rings. The molecule has 0 bridgehead atoms. The Morgan fingerprint density at radius 1 is 1.28 bits per heavy atom. The molecule has 4 heteroatoms. The van der Waals surface area contributed by atoms with E-state index in [0.717, 1.165) is 51.5 Å². The third-order valence-corrected chi connectivity index (χ3v) is 4.07. The first-order valence-corrected chi connectivity index (χ1v) is 7.41. The van der Waals surface area contributed by atoms with Crippen LogP contribution in [0.5, 0.6) is 0 Å². The zero-order chi connectivity index (χ0) is 13.0. The first kappa shape index (κ1) is 13.8. The largest absolute Gasteiger partial charge is 0.339 e. The van der Waals surface area contributed by atoms with Crippen molar-refractivity contribution in [3.8, 4) is 0 Å². The summed E-state index contributed by atoms with van der Waals surface area (Å²) in [6, 6.07) is 0.104. The number of carbonyl (C=O) groups excluding carboxylic acids is 1. The standard InChI is InChI=1S/C14H27N3O/c1-12(2)5-7-16-8-10-17(11-9-16)14(18)13-4-3-6-15-13/h12-13,15H,3-11H2,1-2H3. The molecule has 1 unspecified atom stereocenters. The molecule has 2 aliphatic heterocycles. The van der Waals surface area contributed by atoms with Gasteiger partial charge in [0.1, 0.15) is 0 Å². The molecular weight excluding hydrogens is 226 g/mol. The summed E-state index contributed by atoms with van der Waals surface area (Å²) < 4.78 is 0. The van der Waals surface area contributed by atoms with Crippen molar-refractivity contribution in [2.24, 2.45) is 5.92 Å². The van der Waals surface area contributed by atoms with Gasteiger partial charge in [0.05, 0.1) is 6.04 Å². The van der Waals surface area contributed by atoms with Crippen LogP contribution in [0.1, 0.15) is 33.1 Å². The van der Waals surface area contributed by atoms with Gasteiger partial charge in [0.25, 0.3) is 0 Å². The van der Waals surface area contributed by atoms with Gasteiger partial charge in [0.15, 0.2) is 0 Å². The second-order valence-corrected chi connectivity index (χ2v) is 6.00. The number of amides is 1. The van der Waals surface area contributed by atoms with Crippen LogP contribution in [0.15, 0.2) is 0 Å². The number of rotatable bonds is 4. The van der Waals surface area contributed by atoms with Gasteiger partial charge >= 0.3 is 0 Å². The Morgan fingerprint density at radius 3 is 2.56 bits per heavy atom. The Balaban J connectivity index is 1.70. The lowest BCUT2D eigenvalue weighted by Gasteiger charge is -2.36. The smallest absolute Gasteiger partial charge is 0.239 e. The van der Waals surface area contributed by atoms with Crippen molar-refractivity contribution in [1.82, 2.24) is 15.1 Å². The Kier molecular flexibility index (Phi) is 5.01. The number of hydrogen-bond acceptors (Lipinski definition) is 3. The van der Waals surface area contributed by atoms with Gasteiger partial charge < -0.3 is 10.2 Å². The molecule has 104 valence electrons. The second-order valence-electron chi connectivity index (χ2n) is 6.00. The summed E-state index contributed by atoms with van der Waals surface area (Å²) in [5, 5.41) is 3.30. The molecule has 1 N–H and O–H groups in total. The van der Waals surface area contributed by atoms with Crippen LogP contribution in [-0.4, -0.2) is 61.0 Å². The van der Waals surface area contributed by atoms with Crippen molar-refractivity contribution in [2.45, 2.75) is 39.2 Å². The number of hydrogen-bond donors (Lipinski definition) is 1. The molecule has 2 heterocycles. The maximum Gasteiger partial charge on any atom is 0.239 e. The van der Waals surface area contributed by atoms with Gasteiger partial charge in [-0.2, -0.15) is 0 Å². The van der Waals surface area contributed by atoms with Crippen molar-refractivity contribution in [3.63, 3.8) is 0 Å². The van der Waals surface area contributed by atoms with Crippen molar-refractivity contribution in [1.29, 1.82) is 0 Å². The topological polar surface area (TPSA) is 35.6 Å². The van der Waals surface area contributed by atoms with E-state index in [0.29, 0.717) is 5.91 Å². The molecule has 0 aromatic rings. The van der Waals surface area contributed by atoms with Crippen LogP contribution < -0.4 is 5.32 Å². The lowest BCUT2D eigenvalue weighted by Crippen LogP contribution is -2.53. The number of carbonyl (C=O) groups is 1. The molecule has 4 nitrogen and oxygen atoms in total. The van der Waals surface area contributed by atoms with Gasteiger partial charge in [-0.25, -0.2) is 0 Å². The van der Waals surface area contributed by atoms with Gasteiger partial charge in [-0.15, -0.1) is 0 Å². The van der Waals surface area contributed by atoms with E-state index in [2.05, 4.69) is 29.0 Å². The van der Waals surface area contributed by atoms with Crippen molar-refractivity contribution >= 4 is 5.91 Å². The molecule has 0 radical (unpaired) electrons. The summed E-state index contributed by atoms with van der Waals surface area (Å²) in [6.45, 7) is 10.6. The Hall–Kier alpha value is -0.610. The fourth-order valence-electron chi connectivity index (χ4n) is 2.75. The van der Waals surface area contributed by atoms with Gasteiger partial charge in [0, 0.05) is 26.2 Å². The Bertz CT molecular complexity index is 266. The average Bonchev–Trinajstić information content (AvgIpc) is 2.90. The zero-order valence-electron chi connectivity index (χ0n) is 11.8. The number of piperazine rings is 1. The molecule has 0 aromatic carbocycles. The number of nitrogens with zero attached hydrogens (tertiary/aromatic N) is 2. The molecule has 0 spiro atoms. The quantitative estimate of drug-likeness (QED) is 0.809. The predicted octanol–water partition coefficient (Wildman–Crippen LogP) is 0.929. The van der Waals surface area contributed by atoms with Gasteiger partial charge in [-0.05, 0) is 38.3 Å². The molecular formula is C14H27N3O.